The second-order valence-corrected chi connectivity index (χ2v) is 6.39. The zero-order valence-corrected chi connectivity index (χ0v) is 14.2. The third kappa shape index (κ3) is 3.42. The standard InChI is InChI=1S/C17H18F3N5O/c1-9-8-17(19,20)14(23-15(9)21)11-7-10(3-4-12(11)18)22-16(26)13-5-6-25(2)24-13/h3-7,9,14H,8H2,1-2H3,(H2,21,23)(H,22,26). The van der Waals surface area contributed by atoms with Gasteiger partial charge in [-0.15, -0.1) is 0 Å². The van der Waals surface area contributed by atoms with Gasteiger partial charge in [0.1, 0.15) is 11.9 Å². The number of carbonyl (C=O) groups is 1. The molecule has 3 rings (SSSR count). The lowest BCUT2D eigenvalue weighted by Gasteiger charge is -2.32. The fourth-order valence-corrected chi connectivity index (χ4v) is 2.85. The van der Waals surface area contributed by atoms with Gasteiger partial charge in [-0.05, 0) is 24.3 Å². The average molecular weight is 365 g/mol. The lowest BCUT2D eigenvalue weighted by Crippen LogP contribution is -2.39. The van der Waals surface area contributed by atoms with Crippen LogP contribution in [0.3, 0.4) is 0 Å². The Morgan fingerprint density at radius 3 is 2.77 bits per heavy atom. The molecule has 0 radical (unpaired) electrons. The Labute approximate surface area is 147 Å². The van der Waals surface area contributed by atoms with E-state index in [9.17, 15) is 18.0 Å². The third-order valence-corrected chi connectivity index (χ3v) is 4.26. The molecule has 0 saturated carbocycles. The van der Waals surface area contributed by atoms with Crippen LogP contribution in [0, 0.1) is 11.7 Å². The number of amides is 1. The highest BCUT2D eigenvalue weighted by Gasteiger charge is 2.46. The molecule has 1 aromatic carbocycles. The summed E-state index contributed by atoms with van der Waals surface area (Å²) in [6.45, 7) is 1.54. The molecule has 0 aliphatic carbocycles. The quantitative estimate of drug-likeness (QED) is 0.877. The van der Waals surface area contributed by atoms with Crippen molar-refractivity contribution in [2.24, 2.45) is 23.7 Å². The number of anilines is 1. The molecular weight excluding hydrogens is 347 g/mol. The van der Waals surface area contributed by atoms with E-state index in [1.54, 1.807) is 20.2 Å². The maximum atomic E-state index is 14.4. The van der Waals surface area contributed by atoms with Gasteiger partial charge in [-0.1, -0.05) is 6.92 Å². The van der Waals surface area contributed by atoms with E-state index in [0.29, 0.717) is 0 Å². The lowest BCUT2D eigenvalue weighted by molar-refractivity contribution is -0.0462. The molecule has 0 fully saturated rings. The Kier molecular flexibility index (Phi) is 4.47. The van der Waals surface area contributed by atoms with Crippen LogP contribution in [-0.2, 0) is 7.05 Å². The second-order valence-electron chi connectivity index (χ2n) is 6.39. The Balaban J connectivity index is 1.92. The lowest BCUT2D eigenvalue weighted by atomic mass is 9.89. The number of hydrogen-bond acceptors (Lipinski definition) is 4. The summed E-state index contributed by atoms with van der Waals surface area (Å²) in [6, 6.07) is 3.23. The van der Waals surface area contributed by atoms with Gasteiger partial charge in [0, 0.05) is 36.8 Å². The van der Waals surface area contributed by atoms with E-state index in [1.165, 1.54) is 16.8 Å². The van der Waals surface area contributed by atoms with E-state index in [1.807, 2.05) is 0 Å². The molecule has 0 saturated heterocycles. The third-order valence-electron chi connectivity index (χ3n) is 4.26. The molecule has 1 aliphatic heterocycles. The Hall–Kier alpha value is -2.84. The largest absolute Gasteiger partial charge is 0.387 e. The monoisotopic (exact) mass is 365 g/mol. The van der Waals surface area contributed by atoms with Gasteiger partial charge in [0.05, 0.1) is 5.84 Å². The summed E-state index contributed by atoms with van der Waals surface area (Å²) in [4.78, 5) is 16.0. The van der Waals surface area contributed by atoms with Gasteiger partial charge in [0.2, 0.25) is 0 Å². The van der Waals surface area contributed by atoms with Crippen molar-refractivity contribution in [3.05, 3.63) is 47.5 Å². The summed E-state index contributed by atoms with van der Waals surface area (Å²) < 4.78 is 44.4. The zero-order chi connectivity index (χ0) is 19.1. The summed E-state index contributed by atoms with van der Waals surface area (Å²) >= 11 is 0. The highest BCUT2D eigenvalue weighted by Crippen LogP contribution is 2.44. The summed E-state index contributed by atoms with van der Waals surface area (Å²) in [6.07, 6.45) is 1.07. The van der Waals surface area contributed by atoms with Gasteiger partial charge >= 0.3 is 0 Å². The zero-order valence-electron chi connectivity index (χ0n) is 14.2. The number of nitrogens with two attached hydrogens (primary N) is 1. The molecular formula is C17H18F3N5O. The summed E-state index contributed by atoms with van der Waals surface area (Å²) in [5, 5.41) is 6.47. The number of rotatable bonds is 3. The van der Waals surface area contributed by atoms with E-state index in [4.69, 9.17) is 5.73 Å². The van der Waals surface area contributed by atoms with Crippen LogP contribution in [0.15, 0.2) is 35.5 Å². The van der Waals surface area contributed by atoms with Crippen molar-refractivity contribution in [2.75, 3.05) is 5.32 Å². The van der Waals surface area contributed by atoms with E-state index < -0.39 is 36.0 Å². The van der Waals surface area contributed by atoms with E-state index in [-0.39, 0.29) is 22.8 Å². The molecule has 2 unspecified atom stereocenters. The predicted molar refractivity (Wildman–Crippen MR) is 90.7 cm³/mol. The topological polar surface area (TPSA) is 85.3 Å². The Morgan fingerprint density at radius 2 is 2.12 bits per heavy atom. The number of benzene rings is 1. The molecule has 26 heavy (non-hydrogen) atoms. The van der Waals surface area contributed by atoms with Gasteiger partial charge in [0.15, 0.2) is 5.69 Å². The van der Waals surface area contributed by atoms with Crippen LogP contribution >= 0.6 is 0 Å². The normalized spacial score (nSPS) is 22.0. The first kappa shape index (κ1) is 18.0. The fraction of sp³-hybridized carbons (Fsp3) is 0.353. The Morgan fingerprint density at radius 1 is 1.38 bits per heavy atom. The van der Waals surface area contributed by atoms with E-state index in [0.717, 1.165) is 12.1 Å². The summed E-state index contributed by atoms with van der Waals surface area (Å²) in [7, 11) is 1.65. The summed E-state index contributed by atoms with van der Waals surface area (Å²) in [5.74, 6) is -5.14. The van der Waals surface area contributed by atoms with Crippen LogP contribution in [0.4, 0.5) is 18.9 Å². The van der Waals surface area contributed by atoms with E-state index >= 15 is 0 Å². The number of nitrogens with zero attached hydrogens (tertiary/aromatic N) is 3. The first-order valence-electron chi connectivity index (χ1n) is 7.99. The first-order chi connectivity index (χ1) is 12.2. The molecule has 2 atom stereocenters. The molecule has 0 spiro atoms. The van der Waals surface area contributed by atoms with Crippen molar-refractivity contribution < 1.29 is 18.0 Å². The number of aromatic nitrogens is 2. The van der Waals surface area contributed by atoms with Crippen LogP contribution in [-0.4, -0.2) is 27.4 Å². The molecule has 138 valence electrons. The number of nitrogens with one attached hydrogen (secondary N) is 1. The van der Waals surface area contributed by atoms with Gasteiger partial charge < -0.3 is 11.1 Å². The molecule has 9 heteroatoms. The van der Waals surface area contributed by atoms with Gasteiger partial charge in [-0.25, -0.2) is 13.2 Å². The minimum Gasteiger partial charge on any atom is -0.387 e. The van der Waals surface area contributed by atoms with E-state index in [2.05, 4.69) is 15.4 Å². The number of hydrogen-bond donors (Lipinski definition) is 2. The van der Waals surface area contributed by atoms with Crippen LogP contribution in [0.1, 0.15) is 35.4 Å². The maximum Gasteiger partial charge on any atom is 0.276 e. The van der Waals surface area contributed by atoms with Crippen molar-refractivity contribution in [3.63, 3.8) is 0 Å². The average Bonchev–Trinajstić information content (AvgIpc) is 2.99. The second kappa shape index (κ2) is 6.47. The SMILES string of the molecule is CC1CC(F)(F)C(c2cc(NC(=O)c3ccn(C)n3)ccc2F)N=C1N. The molecule has 2 heterocycles. The van der Waals surface area contributed by atoms with Crippen LogP contribution in [0.25, 0.3) is 0 Å². The van der Waals surface area contributed by atoms with Crippen LogP contribution < -0.4 is 11.1 Å². The highest BCUT2D eigenvalue weighted by molar-refractivity contribution is 6.02. The smallest absolute Gasteiger partial charge is 0.276 e. The molecule has 1 amide bonds. The molecule has 1 aromatic heterocycles. The minimum atomic E-state index is -3.24. The summed E-state index contributed by atoms with van der Waals surface area (Å²) in [5.41, 5.74) is 5.69. The molecule has 1 aliphatic rings. The highest BCUT2D eigenvalue weighted by atomic mass is 19.3. The number of aliphatic imine (C=N–C) groups is 1. The fourth-order valence-electron chi connectivity index (χ4n) is 2.85. The van der Waals surface area contributed by atoms with Crippen molar-refractivity contribution >= 4 is 17.4 Å². The van der Waals surface area contributed by atoms with Crippen molar-refractivity contribution in [3.8, 4) is 0 Å². The van der Waals surface area contributed by atoms with Gasteiger partial charge in [0.25, 0.3) is 11.8 Å². The number of alkyl halides is 2. The van der Waals surface area contributed by atoms with Crippen LogP contribution in [0.5, 0.6) is 0 Å². The molecule has 3 N–H and O–H groups in total. The molecule has 2 aromatic rings. The predicted octanol–water partition coefficient (Wildman–Crippen LogP) is 2.88. The van der Waals surface area contributed by atoms with Crippen LogP contribution in [0.2, 0.25) is 0 Å². The minimum absolute atomic E-state index is 0.0586. The molecule has 0 bridgehead atoms. The van der Waals surface area contributed by atoms with Gasteiger partial charge in [-0.2, -0.15) is 5.10 Å². The maximum absolute atomic E-state index is 14.4. The number of carbonyl (C=O) groups excluding carboxylic acids is 1. The number of halogens is 3. The van der Waals surface area contributed by atoms with Crippen molar-refractivity contribution in [2.45, 2.75) is 25.3 Å². The number of aryl methyl sites for hydroxylation is 1. The van der Waals surface area contributed by atoms with Crippen molar-refractivity contribution in [1.82, 2.24) is 9.78 Å². The van der Waals surface area contributed by atoms with Crippen molar-refractivity contribution in [1.29, 1.82) is 0 Å². The number of amidine groups is 1. The van der Waals surface area contributed by atoms with Gasteiger partial charge in [-0.3, -0.25) is 14.5 Å². The first-order valence-corrected chi connectivity index (χ1v) is 7.99. The Bertz CT molecular complexity index is 877. The molecule has 6 nitrogen and oxygen atoms in total.